The van der Waals surface area contributed by atoms with Crippen LogP contribution in [0.4, 0.5) is 5.69 Å². The highest BCUT2D eigenvalue weighted by molar-refractivity contribution is 7.09. The first-order valence-electron chi connectivity index (χ1n) is 10.2. The fourth-order valence-corrected chi connectivity index (χ4v) is 4.97. The van der Waals surface area contributed by atoms with Gasteiger partial charge in [0.15, 0.2) is 0 Å². The van der Waals surface area contributed by atoms with E-state index in [2.05, 4.69) is 46.7 Å². The topological polar surface area (TPSA) is 32.8 Å². The lowest BCUT2D eigenvalue weighted by Gasteiger charge is -2.42. The number of para-hydroxylation sites is 2. The molecule has 1 fully saturated rings. The summed E-state index contributed by atoms with van der Waals surface area (Å²) in [6.07, 6.45) is 2.79. The summed E-state index contributed by atoms with van der Waals surface area (Å²) in [4.78, 5) is 18.5. The number of hydrogen-bond donors (Lipinski definition) is 0. The Labute approximate surface area is 172 Å². The third kappa shape index (κ3) is 3.90. The molecule has 0 saturated carbocycles. The summed E-state index contributed by atoms with van der Waals surface area (Å²) in [6, 6.07) is 12.7. The number of carbonyl (C=O) groups excluding carboxylic acids is 1. The van der Waals surface area contributed by atoms with Crippen molar-refractivity contribution in [2.45, 2.75) is 52.2 Å². The van der Waals surface area contributed by atoms with Crippen molar-refractivity contribution in [1.29, 1.82) is 0 Å². The first kappa shape index (κ1) is 19.3. The molecule has 150 valence electrons. The molecule has 5 heteroatoms. The van der Waals surface area contributed by atoms with Crippen LogP contribution in [0.1, 0.15) is 44.9 Å². The van der Waals surface area contributed by atoms with Gasteiger partial charge in [0.1, 0.15) is 11.4 Å². The molecular formula is C23H30N2O2S. The van der Waals surface area contributed by atoms with E-state index in [0.29, 0.717) is 0 Å². The standard InChI is InChI=1S/C23H30N2O2S/c1-22(2,3)21(26)24-13-10-23(11-14-24)12-15-25(17-18-7-6-16-28-18)19-8-4-5-9-20(19)27-23/h4-9,16H,10-15,17H2,1-3H3. The fraction of sp³-hybridized carbons (Fsp3) is 0.522. The van der Waals surface area contributed by atoms with Crippen LogP contribution in [0.3, 0.4) is 0 Å². The fourth-order valence-electron chi connectivity index (χ4n) is 4.25. The minimum atomic E-state index is -0.321. The van der Waals surface area contributed by atoms with E-state index in [4.69, 9.17) is 4.74 Å². The van der Waals surface area contributed by atoms with E-state index in [1.165, 1.54) is 10.6 Å². The van der Waals surface area contributed by atoms with Gasteiger partial charge in [-0.25, -0.2) is 0 Å². The Morgan fingerprint density at radius 1 is 1.07 bits per heavy atom. The number of fused-ring (bicyclic) bond motifs is 1. The van der Waals surface area contributed by atoms with Gasteiger partial charge in [-0.3, -0.25) is 4.79 Å². The molecule has 1 aromatic carbocycles. The van der Waals surface area contributed by atoms with Crippen LogP contribution in [0.2, 0.25) is 0 Å². The molecule has 0 N–H and O–H groups in total. The zero-order chi connectivity index (χ0) is 19.8. The third-order valence-corrected chi connectivity index (χ3v) is 6.76. The monoisotopic (exact) mass is 398 g/mol. The van der Waals surface area contributed by atoms with Gasteiger partial charge in [-0.2, -0.15) is 0 Å². The molecule has 1 aromatic heterocycles. The Hall–Kier alpha value is -2.01. The number of piperidine rings is 1. The van der Waals surface area contributed by atoms with E-state index in [1.54, 1.807) is 11.3 Å². The zero-order valence-corrected chi connectivity index (χ0v) is 17.9. The highest BCUT2D eigenvalue weighted by Crippen LogP contribution is 2.41. The van der Waals surface area contributed by atoms with Crippen LogP contribution >= 0.6 is 11.3 Å². The first-order chi connectivity index (χ1) is 13.4. The van der Waals surface area contributed by atoms with Crippen molar-refractivity contribution in [3.63, 3.8) is 0 Å². The molecule has 2 aliphatic rings. The van der Waals surface area contributed by atoms with E-state index in [-0.39, 0.29) is 16.9 Å². The van der Waals surface area contributed by atoms with Crippen LogP contribution in [0.5, 0.6) is 5.75 Å². The minimum Gasteiger partial charge on any atom is -0.485 e. The highest BCUT2D eigenvalue weighted by Gasteiger charge is 2.41. The summed E-state index contributed by atoms with van der Waals surface area (Å²) in [5.41, 5.74) is 0.689. The van der Waals surface area contributed by atoms with Gasteiger partial charge in [-0.15, -0.1) is 11.3 Å². The molecule has 0 aliphatic carbocycles. The highest BCUT2D eigenvalue weighted by atomic mass is 32.1. The summed E-state index contributed by atoms with van der Waals surface area (Å²) < 4.78 is 6.67. The van der Waals surface area contributed by atoms with Crippen LogP contribution < -0.4 is 9.64 Å². The van der Waals surface area contributed by atoms with Gasteiger partial charge >= 0.3 is 0 Å². The number of rotatable bonds is 2. The number of benzene rings is 1. The van der Waals surface area contributed by atoms with Gasteiger partial charge in [-0.1, -0.05) is 39.0 Å². The molecule has 1 amide bonds. The first-order valence-corrected chi connectivity index (χ1v) is 11.1. The summed E-state index contributed by atoms with van der Waals surface area (Å²) in [7, 11) is 0. The third-order valence-electron chi connectivity index (χ3n) is 5.90. The maximum absolute atomic E-state index is 12.7. The van der Waals surface area contributed by atoms with E-state index in [1.807, 2.05) is 25.7 Å². The van der Waals surface area contributed by atoms with Crippen LogP contribution in [0.15, 0.2) is 41.8 Å². The second-order valence-electron chi connectivity index (χ2n) is 9.05. The smallest absolute Gasteiger partial charge is 0.227 e. The molecule has 0 bridgehead atoms. The Balaban J connectivity index is 1.52. The van der Waals surface area contributed by atoms with Crippen LogP contribution in [0, 0.1) is 5.41 Å². The molecule has 1 saturated heterocycles. The predicted octanol–water partition coefficient (Wildman–Crippen LogP) is 4.94. The van der Waals surface area contributed by atoms with E-state index in [0.717, 1.165) is 51.2 Å². The Morgan fingerprint density at radius 2 is 1.79 bits per heavy atom. The van der Waals surface area contributed by atoms with E-state index < -0.39 is 0 Å². The zero-order valence-electron chi connectivity index (χ0n) is 17.1. The van der Waals surface area contributed by atoms with Crippen molar-refractivity contribution in [1.82, 2.24) is 4.90 Å². The van der Waals surface area contributed by atoms with Crippen LogP contribution in [-0.2, 0) is 11.3 Å². The van der Waals surface area contributed by atoms with E-state index >= 15 is 0 Å². The molecule has 1 spiro atoms. The molecule has 0 radical (unpaired) electrons. The normalized spacial score (nSPS) is 19.1. The molecule has 4 nitrogen and oxygen atoms in total. The lowest BCUT2D eigenvalue weighted by atomic mass is 9.86. The lowest BCUT2D eigenvalue weighted by Crippen LogP contribution is -2.52. The molecule has 4 rings (SSSR count). The number of hydrogen-bond acceptors (Lipinski definition) is 4. The molecular weight excluding hydrogens is 368 g/mol. The largest absolute Gasteiger partial charge is 0.485 e. The number of carbonyl (C=O) groups is 1. The van der Waals surface area contributed by atoms with Gasteiger partial charge in [0.25, 0.3) is 0 Å². The molecule has 0 unspecified atom stereocenters. The lowest BCUT2D eigenvalue weighted by molar-refractivity contribution is -0.143. The minimum absolute atomic E-state index is 0.172. The second-order valence-corrected chi connectivity index (χ2v) is 10.1. The summed E-state index contributed by atoms with van der Waals surface area (Å²) in [5.74, 6) is 1.22. The molecule has 2 aromatic rings. The Kier molecular flexibility index (Phi) is 5.13. The molecule has 2 aliphatic heterocycles. The van der Waals surface area contributed by atoms with Crippen LogP contribution in [-0.4, -0.2) is 36.0 Å². The van der Waals surface area contributed by atoms with Gasteiger partial charge in [-0.05, 0) is 23.6 Å². The van der Waals surface area contributed by atoms with Gasteiger partial charge in [0, 0.05) is 49.2 Å². The summed E-state index contributed by atoms with van der Waals surface area (Å²) >= 11 is 1.80. The van der Waals surface area contributed by atoms with Crippen molar-refractivity contribution < 1.29 is 9.53 Å². The number of ether oxygens (including phenoxy) is 1. The maximum atomic E-state index is 12.7. The Bertz CT molecular complexity index is 817. The van der Waals surface area contributed by atoms with Crippen molar-refractivity contribution in [3.05, 3.63) is 46.7 Å². The van der Waals surface area contributed by atoms with Gasteiger partial charge in [0.2, 0.25) is 5.91 Å². The van der Waals surface area contributed by atoms with Gasteiger partial charge in [0.05, 0.1) is 12.2 Å². The van der Waals surface area contributed by atoms with E-state index in [9.17, 15) is 4.79 Å². The van der Waals surface area contributed by atoms with Gasteiger partial charge < -0.3 is 14.5 Å². The van der Waals surface area contributed by atoms with Crippen molar-refractivity contribution in [3.8, 4) is 5.75 Å². The SMILES string of the molecule is CC(C)(C)C(=O)N1CCC2(CC1)CCN(Cc1cccs1)c1ccccc1O2. The molecule has 3 heterocycles. The average Bonchev–Trinajstić information content (AvgIpc) is 3.13. The van der Waals surface area contributed by atoms with Crippen molar-refractivity contribution in [2.24, 2.45) is 5.41 Å². The summed E-state index contributed by atoms with van der Waals surface area (Å²) in [5, 5.41) is 2.14. The van der Waals surface area contributed by atoms with Crippen LogP contribution in [0.25, 0.3) is 0 Å². The number of likely N-dealkylation sites (tertiary alicyclic amines) is 1. The molecule has 0 atom stereocenters. The number of amides is 1. The quantitative estimate of drug-likeness (QED) is 0.718. The summed E-state index contributed by atoms with van der Waals surface area (Å²) in [6.45, 7) is 9.46. The Morgan fingerprint density at radius 3 is 2.46 bits per heavy atom. The predicted molar refractivity (Wildman–Crippen MR) is 115 cm³/mol. The number of anilines is 1. The maximum Gasteiger partial charge on any atom is 0.227 e. The molecule has 28 heavy (non-hydrogen) atoms. The van der Waals surface area contributed by atoms with Crippen molar-refractivity contribution in [2.75, 3.05) is 24.5 Å². The van der Waals surface area contributed by atoms with Crippen molar-refractivity contribution >= 4 is 22.9 Å². The number of thiophene rings is 1. The average molecular weight is 399 g/mol. The second kappa shape index (κ2) is 7.43. The number of nitrogens with zero attached hydrogens (tertiary/aromatic N) is 2.